The van der Waals surface area contributed by atoms with Gasteiger partial charge in [0.15, 0.2) is 0 Å². The first-order valence-corrected chi connectivity index (χ1v) is 4.31. The Kier molecular flexibility index (Phi) is 2.69. The van der Waals surface area contributed by atoms with E-state index in [1.807, 2.05) is 6.20 Å². The van der Waals surface area contributed by atoms with Crippen LogP contribution >= 0.6 is 0 Å². The molecule has 0 fully saturated rings. The van der Waals surface area contributed by atoms with E-state index in [1.165, 1.54) is 12.1 Å². The van der Waals surface area contributed by atoms with Gasteiger partial charge in [0, 0.05) is 18.4 Å². The molecule has 11 heavy (non-hydrogen) atoms. The molecule has 0 bridgehead atoms. The summed E-state index contributed by atoms with van der Waals surface area (Å²) in [6.45, 7) is 7.55. The zero-order valence-electron chi connectivity index (χ0n) is 7.54. The average molecular weight is 152 g/mol. The number of aryl methyl sites for hydroxylation is 1. The van der Waals surface area contributed by atoms with Gasteiger partial charge in [-0.15, -0.1) is 0 Å². The second kappa shape index (κ2) is 3.56. The van der Waals surface area contributed by atoms with E-state index < -0.39 is 0 Å². The Morgan fingerprint density at radius 1 is 1.55 bits per heavy atom. The monoisotopic (exact) mass is 152 g/mol. The van der Waals surface area contributed by atoms with Gasteiger partial charge in [0.1, 0.15) is 0 Å². The van der Waals surface area contributed by atoms with Crippen LogP contribution in [-0.4, -0.2) is 9.78 Å². The fourth-order valence-electron chi connectivity index (χ4n) is 1.23. The molecule has 1 unspecified atom stereocenters. The first-order valence-electron chi connectivity index (χ1n) is 4.31. The van der Waals surface area contributed by atoms with Crippen molar-refractivity contribution in [2.75, 3.05) is 0 Å². The van der Waals surface area contributed by atoms with Crippen molar-refractivity contribution >= 4 is 0 Å². The molecule has 1 rings (SSSR count). The average Bonchev–Trinajstić information content (AvgIpc) is 2.50. The second-order valence-corrected chi connectivity index (χ2v) is 2.88. The summed E-state index contributed by atoms with van der Waals surface area (Å²) in [7, 11) is 0. The summed E-state index contributed by atoms with van der Waals surface area (Å²) in [5.74, 6) is 0.637. The SMILES string of the molecule is CCC(C)c1ccnn1CC. The molecule has 0 aliphatic rings. The summed E-state index contributed by atoms with van der Waals surface area (Å²) in [5.41, 5.74) is 1.36. The predicted molar refractivity (Wildman–Crippen MR) is 46.6 cm³/mol. The van der Waals surface area contributed by atoms with E-state index in [0.29, 0.717) is 5.92 Å². The topological polar surface area (TPSA) is 17.8 Å². The van der Waals surface area contributed by atoms with E-state index in [4.69, 9.17) is 0 Å². The van der Waals surface area contributed by atoms with Crippen molar-refractivity contribution < 1.29 is 0 Å². The lowest BCUT2D eigenvalue weighted by atomic mass is 10.1. The van der Waals surface area contributed by atoms with Crippen LogP contribution < -0.4 is 0 Å². The molecule has 0 saturated carbocycles. The Labute approximate surface area is 68.2 Å². The number of hydrogen-bond acceptors (Lipinski definition) is 1. The van der Waals surface area contributed by atoms with E-state index in [-0.39, 0.29) is 0 Å². The van der Waals surface area contributed by atoms with Crippen molar-refractivity contribution in [3.63, 3.8) is 0 Å². The zero-order valence-corrected chi connectivity index (χ0v) is 7.54. The highest BCUT2D eigenvalue weighted by molar-refractivity contribution is 5.06. The normalized spacial score (nSPS) is 13.4. The van der Waals surface area contributed by atoms with Gasteiger partial charge in [0.25, 0.3) is 0 Å². The maximum absolute atomic E-state index is 4.22. The third kappa shape index (κ3) is 1.62. The van der Waals surface area contributed by atoms with Gasteiger partial charge in [-0.3, -0.25) is 4.68 Å². The van der Waals surface area contributed by atoms with Gasteiger partial charge in [-0.25, -0.2) is 0 Å². The minimum atomic E-state index is 0.637. The number of nitrogens with zero attached hydrogens (tertiary/aromatic N) is 2. The first kappa shape index (κ1) is 8.31. The highest BCUT2D eigenvalue weighted by Gasteiger charge is 2.06. The standard InChI is InChI=1S/C9H16N2/c1-4-8(3)9-6-7-10-11(9)5-2/h6-8H,4-5H2,1-3H3. The van der Waals surface area contributed by atoms with Gasteiger partial charge >= 0.3 is 0 Å². The number of aromatic nitrogens is 2. The molecule has 0 radical (unpaired) electrons. The van der Waals surface area contributed by atoms with Gasteiger partial charge in [-0.05, 0) is 25.3 Å². The molecule has 0 aliphatic carbocycles. The molecule has 1 heterocycles. The Balaban J connectivity index is 2.83. The van der Waals surface area contributed by atoms with Gasteiger partial charge in [0.05, 0.1) is 0 Å². The Bertz CT molecular complexity index is 215. The Morgan fingerprint density at radius 2 is 2.27 bits per heavy atom. The molecule has 0 aromatic carbocycles. The molecule has 2 heteroatoms. The summed E-state index contributed by atoms with van der Waals surface area (Å²) in [4.78, 5) is 0. The van der Waals surface area contributed by atoms with Gasteiger partial charge < -0.3 is 0 Å². The Morgan fingerprint density at radius 3 is 2.82 bits per heavy atom. The summed E-state index contributed by atoms with van der Waals surface area (Å²) >= 11 is 0. The molecule has 0 spiro atoms. The third-order valence-corrected chi connectivity index (χ3v) is 2.17. The summed E-state index contributed by atoms with van der Waals surface area (Å²) in [5, 5.41) is 4.22. The lowest BCUT2D eigenvalue weighted by molar-refractivity contribution is 0.574. The predicted octanol–water partition coefficient (Wildman–Crippen LogP) is 2.42. The quantitative estimate of drug-likeness (QED) is 0.650. The maximum Gasteiger partial charge on any atom is 0.0492 e. The van der Waals surface area contributed by atoms with Crippen LogP contribution in [-0.2, 0) is 6.54 Å². The molecular formula is C9H16N2. The lowest BCUT2D eigenvalue weighted by Gasteiger charge is -2.09. The van der Waals surface area contributed by atoms with E-state index >= 15 is 0 Å². The largest absolute Gasteiger partial charge is 0.270 e. The molecule has 0 N–H and O–H groups in total. The third-order valence-electron chi connectivity index (χ3n) is 2.17. The van der Waals surface area contributed by atoms with Gasteiger partial charge in [-0.1, -0.05) is 13.8 Å². The van der Waals surface area contributed by atoms with Crippen LogP contribution in [0.25, 0.3) is 0 Å². The Hall–Kier alpha value is -0.790. The molecule has 1 aromatic rings. The fourth-order valence-corrected chi connectivity index (χ4v) is 1.23. The van der Waals surface area contributed by atoms with Crippen LogP contribution in [0.15, 0.2) is 12.3 Å². The van der Waals surface area contributed by atoms with Crippen molar-refractivity contribution in [3.05, 3.63) is 18.0 Å². The molecule has 0 amide bonds. The lowest BCUT2D eigenvalue weighted by Crippen LogP contribution is -2.04. The molecule has 0 aliphatic heterocycles. The number of hydrogen-bond donors (Lipinski definition) is 0. The van der Waals surface area contributed by atoms with Crippen molar-refractivity contribution in [1.29, 1.82) is 0 Å². The zero-order chi connectivity index (χ0) is 8.27. The van der Waals surface area contributed by atoms with E-state index in [2.05, 4.69) is 36.6 Å². The van der Waals surface area contributed by atoms with Crippen LogP contribution in [0.2, 0.25) is 0 Å². The smallest absolute Gasteiger partial charge is 0.0492 e. The van der Waals surface area contributed by atoms with Crippen LogP contribution in [0.5, 0.6) is 0 Å². The molecule has 0 saturated heterocycles. The highest BCUT2D eigenvalue weighted by Crippen LogP contribution is 2.17. The molecular weight excluding hydrogens is 136 g/mol. The molecule has 2 nitrogen and oxygen atoms in total. The summed E-state index contributed by atoms with van der Waals surface area (Å²) in [6.07, 6.45) is 3.07. The highest BCUT2D eigenvalue weighted by atomic mass is 15.3. The minimum Gasteiger partial charge on any atom is -0.270 e. The van der Waals surface area contributed by atoms with Gasteiger partial charge in [0.2, 0.25) is 0 Å². The van der Waals surface area contributed by atoms with Crippen molar-refractivity contribution in [1.82, 2.24) is 9.78 Å². The minimum absolute atomic E-state index is 0.637. The van der Waals surface area contributed by atoms with Gasteiger partial charge in [-0.2, -0.15) is 5.10 Å². The van der Waals surface area contributed by atoms with E-state index in [9.17, 15) is 0 Å². The number of rotatable bonds is 3. The van der Waals surface area contributed by atoms with Crippen LogP contribution in [0.3, 0.4) is 0 Å². The molecule has 1 atom stereocenters. The maximum atomic E-state index is 4.22. The van der Waals surface area contributed by atoms with Crippen LogP contribution in [0.4, 0.5) is 0 Å². The molecule has 1 aromatic heterocycles. The fraction of sp³-hybridized carbons (Fsp3) is 0.667. The van der Waals surface area contributed by atoms with Crippen molar-refractivity contribution in [2.45, 2.75) is 39.7 Å². The summed E-state index contributed by atoms with van der Waals surface area (Å²) in [6, 6.07) is 2.11. The van der Waals surface area contributed by atoms with Crippen LogP contribution in [0, 0.1) is 0 Å². The molecule has 62 valence electrons. The van der Waals surface area contributed by atoms with E-state index in [1.54, 1.807) is 0 Å². The first-order chi connectivity index (χ1) is 5.29. The van der Waals surface area contributed by atoms with Crippen molar-refractivity contribution in [3.8, 4) is 0 Å². The van der Waals surface area contributed by atoms with Crippen molar-refractivity contribution in [2.24, 2.45) is 0 Å². The summed E-state index contributed by atoms with van der Waals surface area (Å²) < 4.78 is 2.06. The second-order valence-electron chi connectivity index (χ2n) is 2.88. The van der Waals surface area contributed by atoms with E-state index in [0.717, 1.165) is 6.54 Å². The van der Waals surface area contributed by atoms with Crippen LogP contribution in [0.1, 0.15) is 38.8 Å².